The van der Waals surface area contributed by atoms with Gasteiger partial charge in [-0.15, -0.1) is 0 Å². The van der Waals surface area contributed by atoms with E-state index in [-0.39, 0.29) is 0 Å². The highest BCUT2D eigenvalue weighted by Gasteiger charge is 2.16. The summed E-state index contributed by atoms with van der Waals surface area (Å²) in [4.78, 5) is 4.86. The van der Waals surface area contributed by atoms with Crippen LogP contribution in [0.15, 0.2) is 24.3 Å². The molecule has 0 unspecified atom stereocenters. The third-order valence-electron chi connectivity index (χ3n) is 3.18. The van der Waals surface area contributed by atoms with Gasteiger partial charge in [0, 0.05) is 43.4 Å². The van der Waals surface area contributed by atoms with Crippen LogP contribution < -0.4 is 4.90 Å². The van der Waals surface area contributed by atoms with Crippen molar-refractivity contribution in [3.8, 4) is 0 Å². The zero-order chi connectivity index (χ0) is 12.1. The van der Waals surface area contributed by atoms with Gasteiger partial charge in [-0.3, -0.25) is 4.90 Å². The van der Waals surface area contributed by atoms with Gasteiger partial charge in [-0.1, -0.05) is 24.9 Å². The summed E-state index contributed by atoms with van der Waals surface area (Å²) in [7, 11) is 0. The highest BCUT2D eigenvalue weighted by Crippen LogP contribution is 2.19. The minimum Gasteiger partial charge on any atom is -0.369 e. The van der Waals surface area contributed by atoms with Gasteiger partial charge < -0.3 is 4.90 Å². The molecule has 2 rings (SSSR count). The number of unbranched alkanes of at least 4 members (excludes halogenated alkanes) is 1. The van der Waals surface area contributed by atoms with E-state index in [1.807, 2.05) is 12.1 Å². The Bertz CT molecular complexity index is 329. The van der Waals surface area contributed by atoms with Crippen molar-refractivity contribution in [2.45, 2.75) is 19.8 Å². The Morgan fingerprint density at radius 2 is 1.76 bits per heavy atom. The second-order valence-electron chi connectivity index (χ2n) is 4.47. The van der Waals surface area contributed by atoms with E-state index in [0.717, 1.165) is 31.2 Å². The molecule has 0 aliphatic carbocycles. The van der Waals surface area contributed by atoms with Crippen LogP contribution in [0.1, 0.15) is 19.8 Å². The van der Waals surface area contributed by atoms with Gasteiger partial charge in [0.25, 0.3) is 0 Å². The fourth-order valence-electron chi connectivity index (χ4n) is 2.13. The zero-order valence-electron chi connectivity index (χ0n) is 10.4. The van der Waals surface area contributed by atoms with Crippen LogP contribution in [0.4, 0.5) is 5.69 Å². The molecule has 0 spiro atoms. The number of benzene rings is 1. The molecule has 0 amide bonds. The van der Waals surface area contributed by atoms with Crippen molar-refractivity contribution < 1.29 is 0 Å². The topological polar surface area (TPSA) is 6.48 Å². The fraction of sp³-hybridized carbons (Fsp3) is 0.500. The van der Waals surface area contributed by atoms with E-state index in [4.69, 9.17) is 11.6 Å². The Hall–Kier alpha value is -0.730. The van der Waals surface area contributed by atoms with Gasteiger partial charge >= 0.3 is 0 Å². The first-order valence-electron chi connectivity index (χ1n) is 6.37. The lowest BCUT2D eigenvalue weighted by atomic mass is 10.2. The van der Waals surface area contributed by atoms with Crippen molar-refractivity contribution in [2.75, 3.05) is 31.1 Å². The molecule has 0 N–H and O–H groups in total. The predicted molar refractivity (Wildman–Crippen MR) is 74.4 cm³/mol. The van der Waals surface area contributed by atoms with Crippen LogP contribution in [0.5, 0.6) is 0 Å². The number of hydrogen-bond donors (Lipinski definition) is 0. The summed E-state index contributed by atoms with van der Waals surface area (Å²) in [6.07, 6.45) is 2.43. The molecule has 2 nitrogen and oxygen atoms in total. The maximum Gasteiger partial charge on any atom is 0.0407 e. The van der Waals surface area contributed by atoms with Crippen molar-refractivity contribution in [1.29, 1.82) is 0 Å². The van der Waals surface area contributed by atoms with Gasteiger partial charge in [-0.05, 0) is 30.7 Å². The highest BCUT2D eigenvalue weighted by molar-refractivity contribution is 6.30. The summed E-state index contributed by atoms with van der Waals surface area (Å²) >= 11 is 5.90. The summed E-state index contributed by atoms with van der Waals surface area (Å²) in [5.74, 6) is 0. The number of rotatable bonds is 4. The molecule has 1 aliphatic rings. The van der Waals surface area contributed by atoms with Gasteiger partial charge in [0.05, 0.1) is 0 Å². The van der Waals surface area contributed by atoms with Crippen molar-refractivity contribution >= 4 is 17.3 Å². The van der Waals surface area contributed by atoms with Crippen LogP contribution >= 0.6 is 11.6 Å². The zero-order valence-corrected chi connectivity index (χ0v) is 11.2. The van der Waals surface area contributed by atoms with Crippen LogP contribution in [0.25, 0.3) is 0 Å². The van der Waals surface area contributed by atoms with Crippen LogP contribution in [-0.4, -0.2) is 31.1 Å². The first-order chi connectivity index (χ1) is 8.29. The van der Waals surface area contributed by atoms with E-state index in [9.17, 15) is 0 Å². The van der Waals surface area contributed by atoms with E-state index < -0.39 is 0 Å². The number of nitrogens with zero attached hydrogens (tertiary/aromatic N) is 2. The van der Waals surface area contributed by atoms with Gasteiger partial charge in [0.2, 0.25) is 0 Å². The molecule has 0 bridgehead atoms. The SMILES string of the molecule is CCC[CH]N1CCN(c2ccc(Cl)cc2)CC1. The van der Waals surface area contributed by atoms with Crippen LogP contribution in [0.3, 0.4) is 0 Å². The Morgan fingerprint density at radius 1 is 1.12 bits per heavy atom. The highest BCUT2D eigenvalue weighted by atomic mass is 35.5. The number of anilines is 1. The average molecular weight is 252 g/mol. The second kappa shape index (κ2) is 6.27. The normalized spacial score (nSPS) is 17.4. The minimum absolute atomic E-state index is 0.809. The molecule has 0 atom stereocenters. The summed E-state index contributed by atoms with van der Waals surface area (Å²) in [6.45, 7) is 9.02. The van der Waals surface area contributed by atoms with Crippen LogP contribution in [-0.2, 0) is 0 Å². The molecule has 0 aromatic heterocycles. The number of piperazine rings is 1. The summed E-state index contributed by atoms with van der Waals surface area (Å²) in [6, 6.07) is 8.14. The summed E-state index contributed by atoms with van der Waals surface area (Å²) in [5.41, 5.74) is 1.28. The predicted octanol–water partition coefficient (Wildman–Crippen LogP) is 3.42. The van der Waals surface area contributed by atoms with Crippen molar-refractivity contribution in [2.24, 2.45) is 0 Å². The molecule has 1 heterocycles. The van der Waals surface area contributed by atoms with Gasteiger partial charge in [-0.25, -0.2) is 0 Å². The van der Waals surface area contributed by atoms with Gasteiger partial charge in [0.1, 0.15) is 0 Å². The Balaban J connectivity index is 1.84. The smallest absolute Gasteiger partial charge is 0.0407 e. The lowest BCUT2D eigenvalue weighted by molar-refractivity contribution is 0.303. The van der Waals surface area contributed by atoms with E-state index in [1.54, 1.807) is 0 Å². The Labute approximate surface area is 109 Å². The third-order valence-corrected chi connectivity index (χ3v) is 3.43. The van der Waals surface area contributed by atoms with Gasteiger partial charge in [-0.2, -0.15) is 0 Å². The molecule has 17 heavy (non-hydrogen) atoms. The van der Waals surface area contributed by atoms with E-state index in [2.05, 4.69) is 35.4 Å². The summed E-state index contributed by atoms with van der Waals surface area (Å²) in [5, 5.41) is 0.809. The molecule has 1 aliphatic heterocycles. The second-order valence-corrected chi connectivity index (χ2v) is 4.91. The lowest BCUT2D eigenvalue weighted by Gasteiger charge is -2.35. The minimum atomic E-state index is 0.809. The third kappa shape index (κ3) is 3.62. The molecular weight excluding hydrogens is 232 g/mol. The molecule has 1 aromatic carbocycles. The van der Waals surface area contributed by atoms with Gasteiger partial charge in [0.15, 0.2) is 0 Å². The fourth-order valence-corrected chi connectivity index (χ4v) is 2.25. The first-order valence-corrected chi connectivity index (χ1v) is 6.75. The van der Waals surface area contributed by atoms with E-state index >= 15 is 0 Å². The molecular formula is C14H20ClN2. The maximum absolute atomic E-state index is 5.90. The maximum atomic E-state index is 5.90. The quantitative estimate of drug-likeness (QED) is 0.809. The van der Waals surface area contributed by atoms with Crippen LogP contribution in [0.2, 0.25) is 5.02 Å². The molecule has 93 valence electrons. The summed E-state index contributed by atoms with van der Waals surface area (Å²) < 4.78 is 0. The number of halogens is 1. The van der Waals surface area contributed by atoms with Crippen molar-refractivity contribution in [1.82, 2.24) is 4.90 Å². The molecule has 0 saturated carbocycles. The van der Waals surface area contributed by atoms with E-state index in [1.165, 1.54) is 18.5 Å². The average Bonchev–Trinajstić information content (AvgIpc) is 2.38. The molecule has 3 heteroatoms. The molecule has 1 fully saturated rings. The van der Waals surface area contributed by atoms with E-state index in [0.29, 0.717) is 0 Å². The molecule has 1 radical (unpaired) electrons. The van der Waals surface area contributed by atoms with Crippen molar-refractivity contribution in [3.63, 3.8) is 0 Å². The molecule has 1 saturated heterocycles. The standard InChI is InChI=1S/C14H20ClN2/c1-2-3-8-16-9-11-17(12-10-16)14-6-4-13(15)5-7-14/h4-8H,2-3,9-12H2,1H3. The lowest BCUT2D eigenvalue weighted by Crippen LogP contribution is -2.45. The van der Waals surface area contributed by atoms with Crippen molar-refractivity contribution in [3.05, 3.63) is 35.8 Å². The Morgan fingerprint density at radius 3 is 2.35 bits per heavy atom. The number of hydrogen-bond acceptors (Lipinski definition) is 2. The van der Waals surface area contributed by atoms with Crippen LogP contribution in [0, 0.1) is 6.54 Å². The monoisotopic (exact) mass is 251 g/mol. The Kier molecular flexibility index (Phi) is 4.69. The first kappa shape index (κ1) is 12.7. The molecule has 1 aromatic rings. The largest absolute Gasteiger partial charge is 0.369 e.